The molecule has 0 aromatic carbocycles. The van der Waals surface area contributed by atoms with Crippen molar-refractivity contribution in [2.75, 3.05) is 6.61 Å². The van der Waals surface area contributed by atoms with Crippen LogP contribution in [-0.4, -0.2) is 23.7 Å². The van der Waals surface area contributed by atoms with Crippen LogP contribution in [0.3, 0.4) is 0 Å². The molecule has 4 heteroatoms. The maximum Gasteiger partial charge on any atom is 0.306 e. The van der Waals surface area contributed by atoms with Crippen LogP contribution >= 0.6 is 0 Å². The number of carboxylic acids is 1. The SMILES string of the molecule is CC(=O)OCCC(C(=O)O)C(C)C. The topological polar surface area (TPSA) is 63.6 Å². The molecule has 0 saturated heterocycles. The van der Waals surface area contributed by atoms with E-state index in [1.165, 1.54) is 6.92 Å². The minimum absolute atomic E-state index is 0.0630. The van der Waals surface area contributed by atoms with Gasteiger partial charge in [0.05, 0.1) is 12.5 Å². The highest BCUT2D eigenvalue weighted by Crippen LogP contribution is 2.15. The number of rotatable bonds is 5. The zero-order chi connectivity index (χ0) is 10.4. The number of carbonyl (C=O) groups is 2. The molecule has 0 fully saturated rings. The Balaban J connectivity index is 3.84. The molecular formula is C9H16O4. The van der Waals surface area contributed by atoms with Crippen molar-refractivity contribution in [3.63, 3.8) is 0 Å². The molecule has 0 rings (SSSR count). The summed E-state index contributed by atoms with van der Waals surface area (Å²) in [6.07, 6.45) is 0.382. The lowest BCUT2D eigenvalue weighted by molar-refractivity contribution is -0.147. The number of hydrogen-bond acceptors (Lipinski definition) is 3. The highest BCUT2D eigenvalue weighted by molar-refractivity contribution is 5.70. The van der Waals surface area contributed by atoms with Crippen LogP contribution in [0.15, 0.2) is 0 Å². The summed E-state index contributed by atoms with van der Waals surface area (Å²) in [5.74, 6) is -1.57. The molecule has 1 unspecified atom stereocenters. The second-order valence-corrected chi connectivity index (χ2v) is 3.32. The van der Waals surface area contributed by atoms with Gasteiger partial charge in [-0.15, -0.1) is 0 Å². The molecule has 0 amide bonds. The number of esters is 1. The van der Waals surface area contributed by atoms with Crippen LogP contribution in [0.1, 0.15) is 27.2 Å². The quantitative estimate of drug-likeness (QED) is 0.660. The molecule has 1 atom stereocenters. The monoisotopic (exact) mass is 188 g/mol. The summed E-state index contributed by atoms with van der Waals surface area (Å²) >= 11 is 0. The van der Waals surface area contributed by atoms with E-state index in [9.17, 15) is 9.59 Å². The third kappa shape index (κ3) is 5.22. The number of carbonyl (C=O) groups excluding carboxylic acids is 1. The van der Waals surface area contributed by atoms with Gasteiger partial charge >= 0.3 is 11.9 Å². The Hall–Kier alpha value is -1.06. The summed E-state index contributed by atoms with van der Waals surface area (Å²) in [7, 11) is 0. The second kappa shape index (κ2) is 5.56. The van der Waals surface area contributed by atoms with Crippen molar-refractivity contribution in [2.45, 2.75) is 27.2 Å². The van der Waals surface area contributed by atoms with Gasteiger partial charge < -0.3 is 9.84 Å². The van der Waals surface area contributed by atoms with Crippen molar-refractivity contribution < 1.29 is 19.4 Å². The number of carboxylic acid groups (broad SMARTS) is 1. The largest absolute Gasteiger partial charge is 0.481 e. The van der Waals surface area contributed by atoms with Crippen molar-refractivity contribution in [3.05, 3.63) is 0 Å². The first kappa shape index (κ1) is 11.9. The van der Waals surface area contributed by atoms with Crippen LogP contribution in [-0.2, 0) is 14.3 Å². The van der Waals surface area contributed by atoms with Gasteiger partial charge in [-0.25, -0.2) is 0 Å². The number of hydrogen-bond donors (Lipinski definition) is 1. The fraction of sp³-hybridized carbons (Fsp3) is 0.778. The molecule has 1 N–H and O–H groups in total. The van der Waals surface area contributed by atoms with E-state index >= 15 is 0 Å². The predicted octanol–water partition coefficient (Wildman–Crippen LogP) is 1.30. The molecule has 76 valence electrons. The lowest BCUT2D eigenvalue weighted by Crippen LogP contribution is -2.21. The predicted molar refractivity (Wildman–Crippen MR) is 47.2 cm³/mol. The third-order valence-corrected chi connectivity index (χ3v) is 1.86. The Morgan fingerprint density at radius 2 is 1.92 bits per heavy atom. The van der Waals surface area contributed by atoms with Crippen LogP contribution in [0, 0.1) is 11.8 Å². The normalized spacial score (nSPS) is 12.6. The van der Waals surface area contributed by atoms with Gasteiger partial charge in [-0.3, -0.25) is 9.59 Å². The van der Waals surface area contributed by atoms with E-state index < -0.39 is 11.9 Å². The Morgan fingerprint density at radius 1 is 1.38 bits per heavy atom. The van der Waals surface area contributed by atoms with Gasteiger partial charge in [0.2, 0.25) is 0 Å². The van der Waals surface area contributed by atoms with Gasteiger partial charge in [-0.1, -0.05) is 13.8 Å². The van der Waals surface area contributed by atoms with Gasteiger partial charge in [-0.2, -0.15) is 0 Å². The summed E-state index contributed by atoms with van der Waals surface area (Å²) in [5.41, 5.74) is 0. The molecule has 0 saturated carbocycles. The molecule has 0 heterocycles. The van der Waals surface area contributed by atoms with Crippen molar-refractivity contribution >= 4 is 11.9 Å². The van der Waals surface area contributed by atoms with Crippen molar-refractivity contribution in [1.82, 2.24) is 0 Å². The molecule has 0 bridgehead atoms. The van der Waals surface area contributed by atoms with Crippen molar-refractivity contribution in [2.24, 2.45) is 11.8 Å². The summed E-state index contributed by atoms with van der Waals surface area (Å²) in [5, 5.41) is 8.77. The van der Waals surface area contributed by atoms with Gasteiger partial charge in [0, 0.05) is 6.92 Å². The molecule has 0 aromatic heterocycles. The lowest BCUT2D eigenvalue weighted by Gasteiger charge is -2.15. The fourth-order valence-corrected chi connectivity index (χ4v) is 1.07. The Morgan fingerprint density at radius 3 is 2.23 bits per heavy atom. The Bertz CT molecular complexity index is 186. The maximum absolute atomic E-state index is 10.7. The first-order valence-electron chi connectivity index (χ1n) is 4.31. The highest BCUT2D eigenvalue weighted by Gasteiger charge is 2.21. The average molecular weight is 188 g/mol. The zero-order valence-corrected chi connectivity index (χ0v) is 8.24. The van der Waals surface area contributed by atoms with Crippen LogP contribution in [0.4, 0.5) is 0 Å². The molecule has 4 nitrogen and oxygen atoms in total. The second-order valence-electron chi connectivity index (χ2n) is 3.32. The molecule has 0 aromatic rings. The molecule has 0 aliphatic carbocycles. The van der Waals surface area contributed by atoms with E-state index in [1.807, 2.05) is 13.8 Å². The van der Waals surface area contributed by atoms with Crippen molar-refractivity contribution in [3.8, 4) is 0 Å². The maximum atomic E-state index is 10.7. The molecular weight excluding hydrogens is 172 g/mol. The smallest absolute Gasteiger partial charge is 0.306 e. The molecule has 0 radical (unpaired) electrons. The average Bonchev–Trinajstić information content (AvgIpc) is 1.95. The standard InChI is InChI=1S/C9H16O4/c1-6(2)8(9(11)12)4-5-13-7(3)10/h6,8H,4-5H2,1-3H3,(H,11,12). The van der Waals surface area contributed by atoms with Crippen LogP contribution in [0.2, 0.25) is 0 Å². The summed E-state index contributed by atoms with van der Waals surface area (Å²) in [6.45, 7) is 5.18. The van der Waals surface area contributed by atoms with Crippen molar-refractivity contribution in [1.29, 1.82) is 0 Å². The van der Waals surface area contributed by atoms with Crippen LogP contribution in [0.25, 0.3) is 0 Å². The van der Waals surface area contributed by atoms with Gasteiger partial charge in [0.1, 0.15) is 0 Å². The minimum atomic E-state index is -0.831. The fourth-order valence-electron chi connectivity index (χ4n) is 1.07. The molecule has 0 spiro atoms. The zero-order valence-electron chi connectivity index (χ0n) is 8.24. The highest BCUT2D eigenvalue weighted by atomic mass is 16.5. The molecule has 0 aliphatic heterocycles. The Labute approximate surface area is 77.9 Å². The van der Waals surface area contributed by atoms with E-state index in [0.717, 1.165) is 0 Å². The van der Waals surface area contributed by atoms with Gasteiger partial charge in [0.15, 0.2) is 0 Å². The van der Waals surface area contributed by atoms with E-state index in [0.29, 0.717) is 6.42 Å². The van der Waals surface area contributed by atoms with E-state index in [4.69, 9.17) is 5.11 Å². The van der Waals surface area contributed by atoms with Crippen LogP contribution < -0.4 is 0 Å². The number of aliphatic carboxylic acids is 1. The van der Waals surface area contributed by atoms with Gasteiger partial charge in [-0.05, 0) is 12.3 Å². The lowest BCUT2D eigenvalue weighted by atomic mass is 9.93. The Kier molecular flexibility index (Phi) is 5.11. The van der Waals surface area contributed by atoms with E-state index in [-0.39, 0.29) is 18.5 Å². The molecule has 13 heavy (non-hydrogen) atoms. The minimum Gasteiger partial charge on any atom is -0.481 e. The first-order chi connectivity index (χ1) is 5.95. The summed E-state index contributed by atoms with van der Waals surface area (Å²) in [6, 6.07) is 0. The summed E-state index contributed by atoms with van der Waals surface area (Å²) in [4.78, 5) is 21.1. The van der Waals surface area contributed by atoms with E-state index in [1.54, 1.807) is 0 Å². The van der Waals surface area contributed by atoms with Gasteiger partial charge in [0.25, 0.3) is 0 Å². The molecule has 0 aliphatic rings. The first-order valence-corrected chi connectivity index (χ1v) is 4.31. The number of ether oxygens (including phenoxy) is 1. The third-order valence-electron chi connectivity index (χ3n) is 1.86. The summed E-state index contributed by atoms with van der Waals surface area (Å²) < 4.78 is 4.67. The van der Waals surface area contributed by atoms with E-state index in [2.05, 4.69) is 4.74 Å². The van der Waals surface area contributed by atoms with Crippen LogP contribution in [0.5, 0.6) is 0 Å².